The lowest BCUT2D eigenvalue weighted by Gasteiger charge is -2.09. The SMILES string of the molecule is Cc1cnc(C(C)NCc2csc(Br)c2)s1. The fourth-order valence-electron chi connectivity index (χ4n) is 1.37. The average molecular weight is 317 g/mol. The van der Waals surface area contributed by atoms with Crippen molar-refractivity contribution < 1.29 is 0 Å². The van der Waals surface area contributed by atoms with Crippen LogP contribution in [0.2, 0.25) is 0 Å². The molecule has 0 aliphatic carbocycles. The molecule has 1 N–H and O–H groups in total. The number of rotatable bonds is 4. The van der Waals surface area contributed by atoms with Gasteiger partial charge in [0.2, 0.25) is 0 Å². The number of aromatic nitrogens is 1. The molecule has 0 bridgehead atoms. The van der Waals surface area contributed by atoms with Crippen molar-refractivity contribution in [1.29, 1.82) is 0 Å². The second-order valence-electron chi connectivity index (χ2n) is 3.67. The van der Waals surface area contributed by atoms with E-state index < -0.39 is 0 Å². The maximum atomic E-state index is 4.38. The number of hydrogen-bond donors (Lipinski definition) is 1. The van der Waals surface area contributed by atoms with Crippen LogP contribution in [-0.4, -0.2) is 4.98 Å². The first-order chi connectivity index (χ1) is 7.65. The summed E-state index contributed by atoms with van der Waals surface area (Å²) in [5, 5.41) is 6.80. The normalized spacial score (nSPS) is 12.9. The lowest BCUT2D eigenvalue weighted by atomic mass is 10.3. The highest BCUT2D eigenvalue weighted by Crippen LogP contribution is 2.22. The third kappa shape index (κ3) is 3.13. The van der Waals surface area contributed by atoms with E-state index in [9.17, 15) is 0 Å². The molecule has 0 spiro atoms. The third-order valence-corrected chi connectivity index (χ3v) is 4.89. The first-order valence-electron chi connectivity index (χ1n) is 5.04. The molecule has 0 saturated heterocycles. The van der Waals surface area contributed by atoms with Crippen LogP contribution in [0.25, 0.3) is 0 Å². The molecule has 2 aromatic heterocycles. The van der Waals surface area contributed by atoms with E-state index in [1.54, 1.807) is 22.7 Å². The summed E-state index contributed by atoms with van der Waals surface area (Å²) in [5.41, 5.74) is 1.32. The highest BCUT2D eigenvalue weighted by molar-refractivity contribution is 9.11. The van der Waals surface area contributed by atoms with Gasteiger partial charge in [0.05, 0.1) is 9.83 Å². The van der Waals surface area contributed by atoms with Crippen molar-refractivity contribution in [2.75, 3.05) is 0 Å². The van der Waals surface area contributed by atoms with Crippen LogP contribution in [0.15, 0.2) is 21.4 Å². The number of halogens is 1. The van der Waals surface area contributed by atoms with Gasteiger partial charge >= 0.3 is 0 Å². The standard InChI is InChI=1S/C11H13BrN2S2/c1-7-4-14-11(16-7)8(2)13-5-9-3-10(12)15-6-9/h3-4,6,8,13H,5H2,1-2H3. The number of nitrogens with zero attached hydrogens (tertiary/aromatic N) is 1. The number of thiophene rings is 1. The maximum absolute atomic E-state index is 4.38. The van der Waals surface area contributed by atoms with Crippen LogP contribution in [-0.2, 0) is 6.54 Å². The lowest BCUT2D eigenvalue weighted by molar-refractivity contribution is 0.572. The van der Waals surface area contributed by atoms with Gasteiger partial charge < -0.3 is 5.32 Å². The molecule has 1 atom stereocenters. The second kappa shape index (κ2) is 5.40. The first kappa shape index (κ1) is 12.2. The molecule has 1 unspecified atom stereocenters. The van der Waals surface area contributed by atoms with E-state index in [4.69, 9.17) is 0 Å². The van der Waals surface area contributed by atoms with Crippen LogP contribution in [0.4, 0.5) is 0 Å². The smallest absolute Gasteiger partial charge is 0.109 e. The van der Waals surface area contributed by atoms with Gasteiger partial charge in [0.25, 0.3) is 0 Å². The van der Waals surface area contributed by atoms with Gasteiger partial charge in [0.15, 0.2) is 0 Å². The summed E-state index contributed by atoms with van der Waals surface area (Å²) in [7, 11) is 0. The molecule has 86 valence electrons. The molecular formula is C11H13BrN2S2. The Morgan fingerprint density at radius 1 is 1.56 bits per heavy atom. The molecule has 0 radical (unpaired) electrons. The van der Waals surface area contributed by atoms with Crippen LogP contribution in [0.3, 0.4) is 0 Å². The molecule has 0 aliphatic heterocycles. The van der Waals surface area contributed by atoms with Gasteiger partial charge in [-0.3, -0.25) is 0 Å². The van der Waals surface area contributed by atoms with E-state index in [0.717, 1.165) is 11.6 Å². The number of nitrogens with one attached hydrogen (secondary N) is 1. The zero-order valence-electron chi connectivity index (χ0n) is 9.16. The number of aryl methyl sites for hydroxylation is 1. The molecule has 2 heterocycles. The largest absolute Gasteiger partial charge is 0.304 e. The zero-order valence-corrected chi connectivity index (χ0v) is 12.4. The van der Waals surface area contributed by atoms with Crippen molar-refractivity contribution >= 4 is 38.6 Å². The average Bonchev–Trinajstić information content (AvgIpc) is 2.84. The summed E-state index contributed by atoms with van der Waals surface area (Å²) in [6.07, 6.45) is 1.93. The Morgan fingerprint density at radius 3 is 2.94 bits per heavy atom. The Bertz CT molecular complexity index is 464. The highest BCUT2D eigenvalue weighted by Gasteiger charge is 2.08. The van der Waals surface area contributed by atoms with Gasteiger partial charge in [-0.05, 0) is 46.8 Å². The van der Waals surface area contributed by atoms with Crippen LogP contribution < -0.4 is 5.32 Å². The van der Waals surface area contributed by atoms with Crippen LogP contribution in [0.1, 0.15) is 28.4 Å². The van der Waals surface area contributed by atoms with Gasteiger partial charge in [-0.1, -0.05) is 0 Å². The van der Waals surface area contributed by atoms with Crippen molar-refractivity contribution in [3.8, 4) is 0 Å². The van der Waals surface area contributed by atoms with Gasteiger partial charge in [0.1, 0.15) is 5.01 Å². The third-order valence-electron chi connectivity index (χ3n) is 2.24. The Kier molecular flexibility index (Phi) is 4.13. The summed E-state index contributed by atoms with van der Waals surface area (Å²) in [4.78, 5) is 5.65. The minimum Gasteiger partial charge on any atom is -0.304 e. The molecule has 2 nitrogen and oxygen atoms in total. The molecule has 0 aromatic carbocycles. The van der Waals surface area contributed by atoms with Gasteiger partial charge in [-0.25, -0.2) is 4.98 Å². The van der Waals surface area contributed by atoms with Crippen molar-refractivity contribution in [3.05, 3.63) is 36.9 Å². The predicted octanol–water partition coefficient (Wildman–Crippen LogP) is 4.13. The van der Waals surface area contributed by atoms with Crippen LogP contribution in [0.5, 0.6) is 0 Å². The van der Waals surface area contributed by atoms with E-state index in [1.807, 2.05) is 6.20 Å². The predicted molar refractivity (Wildman–Crippen MR) is 74.1 cm³/mol. The summed E-state index contributed by atoms with van der Waals surface area (Å²) in [6.45, 7) is 5.13. The molecule has 0 amide bonds. The maximum Gasteiger partial charge on any atom is 0.109 e. The number of thiazole rings is 1. The molecule has 5 heteroatoms. The molecule has 0 saturated carbocycles. The van der Waals surface area contributed by atoms with Gasteiger partial charge in [-0.2, -0.15) is 0 Å². The van der Waals surface area contributed by atoms with E-state index in [0.29, 0.717) is 6.04 Å². The van der Waals surface area contributed by atoms with Gasteiger partial charge in [0, 0.05) is 17.6 Å². The zero-order chi connectivity index (χ0) is 11.5. The summed E-state index contributed by atoms with van der Waals surface area (Å²) < 4.78 is 1.18. The fourth-order valence-corrected chi connectivity index (χ4v) is 3.38. The quantitative estimate of drug-likeness (QED) is 0.917. The minimum absolute atomic E-state index is 0.317. The summed E-state index contributed by atoms with van der Waals surface area (Å²) in [6, 6.07) is 2.47. The van der Waals surface area contributed by atoms with Gasteiger partial charge in [-0.15, -0.1) is 22.7 Å². The fraction of sp³-hybridized carbons (Fsp3) is 0.364. The molecule has 16 heavy (non-hydrogen) atoms. The molecular weight excluding hydrogens is 304 g/mol. The Hall–Kier alpha value is -0.230. The van der Waals surface area contributed by atoms with Crippen molar-refractivity contribution in [1.82, 2.24) is 10.3 Å². The Balaban J connectivity index is 1.91. The van der Waals surface area contributed by atoms with Crippen molar-refractivity contribution in [3.63, 3.8) is 0 Å². The molecule has 2 rings (SSSR count). The van der Waals surface area contributed by atoms with E-state index in [-0.39, 0.29) is 0 Å². The van der Waals surface area contributed by atoms with Crippen molar-refractivity contribution in [2.45, 2.75) is 26.4 Å². The lowest BCUT2D eigenvalue weighted by Crippen LogP contribution is -2.17. The van der Waals surface area contributed by atoms with Crippen LogP contribution >= 0.6 is 38.6 Å². The minimum atomic E-state index is 0.317. The van der Waals surface area contributed by atoms with E-state index in [2.05, 4.69) is 51.5 Å². The Labute approximate surface area is 112 Å². The molecule has 2 aromatic rings. The highest BCUT2D eigenvalue weighted by atomic mass is 79.9. The first-order valence-corrected chi connectivity index (χ1v) is 7.52. The van der Waals surface area contributed by atoms with Crippen molar-refractivity contribution in [2.24, 2.45) is 0 Å². The monoisotopic (exact) mass is 316 g/mol. The summed E-state index contributed by atoms with van der Waals surface area (Å²) in [5.74, 6) is 0. The molecule has 0 fully saturated rings. The topological polar surface area (TPSA) is 24.9 Å². The van der Waals surface area contributed by atoms with E-state index >= 15 is 0 Å². The molecule has 0 aliphatic rings. The Morgan fingerprint density at radius 2 is 2.38 bits per heavy atom. The number of hydrogen-bond acceptors (Lipinski definition) is 4. The second-order valence-corrected chi connectivity index (χ2v) is 7.23. The van der Waals surface area contributed by atoms with E-state index in [1.165, 1.54) is 14.2 Å². The summed E-state index contributed by atoms with van der Waals surface area (Å²) >= 11 is 6.94. The van der Waals surface area contributed by atoms with Crippen LogP contribution in [0, 0.1) is 6.92 Å².